The minimum absolute atomic E-state index is 0.227. The summed E-state index contributed by atoms with van der Waals surface area (Å²) in [5, 5.41) is 7.04. The second kappa shape index (κ2) is 5.63. The maximum Gasteiger partial charge on any atom is 0.186 e. The van der Waals surface area contributed by atoms with Gasteiger partial charge in [-0.3, -0.25) is 5.43 Å². The summed E-state index contributed by atoms with van der Waals surface area (Å²) < 4.78 is 13.2. The van der Waals surface area contributed by atoms with Crippen molar-refractivity contribution >= 4 is 35.1 Å². The molecule has 1 aromatic carbocycles. The van der Waals surface area contributed by atoms with Gasteiger partial charge >= 0.3 is 0 Å². The van der Waals surface area contributed by atoms with Gasteiger partial charge in [-0.05, 0) is 24.4 Å². The zero-order valence-corrected chi connectivity index (χ0v) is 9.49. The van der Waals surface area contributed by atoms with Crippen molar-refractivity contribution in [1.29, 1.82) is 0 Å². The zero-order chi connectivity index (χ0) is 11.3. The highest BCUT2D eigenvalue weighted by molar-refractivity contribution is 7.80. The monoisotopic (exact) mass is 245 g/mol. The Morgan fingerprint density at radius 1 is 1.60 bits per heavy atom. The molecule has 0 spiro atoms. The van der Waals surface area contributed by atoms with Gasteiger partial charge in [0.2, 0.25) is 0 Å². The van der Waals surface area contributed by atoms with E-state index in [-0.39, 0.29) is 5.56 Å². The molecule has 0 heterocycles. The van der Waals surface area contributed by atoms with Gasteiger partial charge < -0.3 is 5.32 Å². The van der Waals surface area contributed by atoms with E-state index >= 15 is 0 Å². The molecule has 0 saturated heterocycles. The van der Waals surface area contributed by atoms with Crippen LogP contribution in [0.2, 0.25) is 5.02 Å². The van der Waals surface area contributed by atoms with Crippen molar-refractivity contribution in [3.63, 3.8) is 0 Å². The lowest BCUT2D eigenvalue weighted by molar-refractivity contribution is 0.626. The highest BCUT2D eigenvalue weighted by Crippen LogP contribution is 2.16. The molecule has 0 radical (unpaired) electrons. The Balaban J connectivity index is 2.76. The molecule has 80 valence electrons. The average Bonchev–Trinajstić information content (AvgIpc) is 2.22. The number of benzene rings is 1. The topological polar surface area (TPSA) is 36.4 Å². The molecule has 0 bridgehead atoms. The van der Waals surface area contributed by atoms with Gasteiger partial charge in [0.1, 0.15) is 5.82 Å². The molecule has 2 N–H and O–H groups in total. The fourth-order valence-electron chi connectivity index (χ4n) is 0.845. The van der Waals surface area contributed by atoms with E-state index in [1.54, 1.807) is 13.1 Å². The molecule has 0 aliphatic heterocycles. The first-order chi connectivity index (χ1) is 7.15. The van der Waals surface area contributed by atoms with Crippen LogP contribution < -0.4 is 10.7 Å². The summed E-state index contributed by atoms with van der Waals surface area (Å²) >= 11 is 10.5. The summed E-state index contributed by atoms with van der Waals surface area (Å²) in [5.74, 6) is -0.427. The Labute approximate surface area is 97.3 Å². The van der Waals surface area contributed by atoms with E-state index in [2.05, 4.69) is 15.8 Å². The first kappa shape index (κ1) is 11.9. The van der Waals surface area contributed by atoms with Crippen molar-refractivity contribution < 1.29 is 4.39 Å². The third-order valence-corrected chi connectivity index (χ3v) is 2.21. The number of thiocarbonyl (C=S) groups is 1. The standard InChI is InChI=1S/C9H9ClFN3S/c1-12-9(15)14-13-5-6-7(10)3-2-4-8(6)11/h2-5H,1H3,(H2,12,14,15)/b13-5+. The van der Waals surface area contributed by atoms with Crippen LogP contribution in [0.4, 0.5) is 4.39 Å². The predicted molar refractivity (Wildman–Crippen MR) is 63.8 cm³/mol. The summed E-state index contributed by atoms with van der Waals surface area (Å²) in [6.45, 7) is 0. The summed E-state index contributed by atoms with van der Waals surface area (Å²) in [7, 11) is 1.65. The van der Waals surface area contributed by atoms with Crippen LogP contribution in [0.1, 0.15) is 5.56 Å². The minimum Gasteiger partial charge on any atom is -0.364 e. The molecule has 1 aromatic rings. The van der Waals surface area contributed by atoms with Gasteiger partial charge in [0.05, 0.1) is 11.2 Å². The number of hydrazone groups is 1. The van der Waals surface area contributed by atoms with E-state index in [9.17, 15) is 4.39 Å². The molecule has 6 heteroatoms. The molecule has 0 aliphatic rings. The first-order valence-electron chi connectivity index (χ1n) is 4.10. The number of nitrogens with one attached hydrogen (secondary N) is 2. The maximum atomic E-state index is 13.2. The molecular weight excluding hydrogens is 237 g/mol. The van der Waals surface area contributed by atoms with E-state index in [0.29, 0.717) is 10.1 Å². The van der Waals surface area contributed by atoms with Crippen LogP contribution in [0.15, 0.2) is 23.3 Å². The lowest BCUT2D eigenvalue weighted by Gasteiger charge is -2.01. The van der Waals surface area contributed by atoms with E-state index in [1.165, 1.54) is 18.3 Å². The smallest absolute Gasteiger partial charge is 0.186 e. The molecule has 0 aromatic heterocycles. The Morgan fingerprint density at radius 3 is 2.93 bits per heavy atom. The Bertz CT molecular complexity index is 375. The van der Waals surface area contributed by atoms with Gasteiger partial charge in [0.15, 0.2) is 5.11 Å². The second-order valence-corrected chi connectivity index (χ2v) is 3.40. The van der Waals surface area contributed by atoms with Crippen LogP contribution in [-0.2, 0) is 0 Å². The molecule has 0 saturated carbocycles. The fourth-order valence-corrected chi connectivity index (χ4v) is 1.11. The van der Waals surface area contributed by atoms with E-state index in [0.717, 1.165) is 0 Å². The van der Waals surface area contributed by atoms with Crippen LogP contribution in [-0.4, -0.2) is 18.4 Å². The molecule has 1 rings (SSSR count). The van der Waals surface area contributed by atoms with Gasteiger partial charge in [0, 0.05) is 12.6 Å². The SMILES string of the molecule is CNC(=S)N/N=C/c1c(F)cccc1Cl. The Hall–Kier alpha value is -1.20. The highest BCUT2D eigenvalue weighted by atomic mass is 35.5. The molecular formula is C9H9ClFN3S. The zero-order valence-electron chi connectivity index (χ0n) is 7.92. The largest absolute Gasteiger partial charge is 0.364 e. The third-order valence-electron chi connectivity index (χ3n) is 1.59. The lowest BCUT2D eigenvalue weighted by Crippen LogP contribution is -2.28. The van der Waals surface area contributed by atoms with Crippen molar-refractivity contribution in [3.05, 3.63) is 34.6 Å². The number of hydrogen-bond donors (Lipinski definition) is 2. The fraction of sp³-hybridized carbons (Fsp3) is 0.111. The molecule has 0 aliphatic carbocycles. The first-order valence-corrected chi connectivity index (χ1v) is 4.88. The summed E-state index contributed by atoms with van der Waals surface area (Å²) in [5.41, 5.74) is 2.73. The molecule has 3 nitrogen and oxygen atoms in total. The number of nitrogens with zero attached hydrogens (tertiary/aromatic N) is 1. The van der Waals surface area contributed by atoms with Crippen LogP contribution >= 0.6 is 23.8 Å². The minimum atomic E-state index is -0.427. The van der Waals surface area contributed by atoms with Gasteiger partial charge in [-0.2, -0.15) is 5.10 Å². The maximum absolute atomic E-state index is 13.2. The number of rotatable bonds is 2. The lowest BCUT2D eigenvalue weighted by atomic mass is 10.2. The highest BCUT2D eigenvalue weighted by Gasteiger charge is 2.03. The van der Waals surface area contributed by atoms with Crippen molar-refractivity contribution in [2.45, 2.75) is 0 Å². The van der Waals surface area contributed by atoms with Gasteiger partial charge in [0.25, 0.3) is 0 Å². The third kappa shape index (κ3) is 3.45. The van der Waals surface area contributed by atoms with E-state index in [4.69, 9.17) is 23.8 Å². The van der Waals surface area contributed by atoms with Gasteiger partial charge in [-0.1, -0.05) is 17.7 Å². The molecule has 0 fully saturated rings. The van der Waals surface area contributed by atoms with Gasteiger partial charge in [-0.15, -0.1) is 0 Å². The van der Waals surface area contributed by atoms with Crippen LogP contribution in [0.3, 0.4) is 0 Å². The number of hydrogen-bond acceptors (Lipinski definition) is 2. The molecule has 0 unspecified atom stereocenters. The summed E-state index contributed by atoms with van der Waals surface area (Å²) in [6, 6.07) is 4.42. The van der Waals surface area contributed by atoms with Crippen molar-refractivity contribution in [3.8, 4) is 0 Å². The predicted octanol–water partition coefficient (Wildman–Crippen LogP) is 1.91. The Morgan fingerprint density at radius 2 is 2.33 bits per heavy atom. The molecule has 0 atom stereocenters. The van der Waals surface area contributed by atoms with E-state index < -0.39 is 5.82 Å². The van der Waals surface area contributed by atoms with Crippen molar-refractivity contribution in [1.82, 2.24) is 10.7 Å². The second-order valence-electron chi connectivity index (χ2n) is 2.58. The van der Waals surface area contributed by atoms with Crippen molar-refractivity contribution in [2.75, 3.05) is 7.05 Å². The van der Waals surface area contributed by atoms with E-state index in [1.807, 2.05) is 0 Å². The summed E-state index contributed by atoms with van der Waals surface area (Å²) in [4.78, 5) is 0. The average molecular weight is 246 g/mol. The normalized spacial score (nSPS) is 10.3. The summed E-state index contributed by atoms with van der Waals surface area (Å²) in [6.07, 6.45) is 1.28. The van der Waals surface area contributed by atoms with Gasteiger partial charge in [-0.25, -0.2) is 4.39 Å². The quantitative estimate of drug-likeness (QED) is 0.475. The Kier molecular flexibility index (Phi) is 4.45. The van der Waals surface area contributed by atoms with Crippen LogP contribution in [0.25, 0.3) is 0 Å². The number of halogens is 2. The van der Waals surface area contributed by atoms with Crippen molar-refractivity contribution in [2.24, 2.45) is 5.10 Å². The van der Waals surface area contributed by atoms with Crippen LogP contribution in [0.5, 0.6) is 0 Å². The van der Waals surface area contributed by atoms with Crippen LogP contribution in [0, 0.1) is 5.82 Å². The molecule has 0 amide bonds. The molecule has 15 heavy (non-hydrogen) atoms.